The molecular weight excluding hydrogens is 190 g/mol. The van der Waals surface area contributed by atoms with E-state index in [1.807, 2.05) is 0 Å². The molecule has 0 amide bonds. The van der Waals surface area contributed by atoms with Crippen LogP contribution < -0.4 is 0 Å². The molecule has 0 unspecified atom stereocenters. The van der Waals surface area contributed by atoms with Gasteiger partial charge in [-0.3, -0.25) is 9.59 Å². The van der Waals surface area contributed by atoms with Crippen LogP contribution in [0, 0.1) is 0 Å². The SMILES string of the molecule is CC(=O)c1cc(C=O)ccc1C(F)F. The summed E-state index contributed by atoms with van der Waals surface area (Å²) in [6.07, 6.45) is -2.18. The number of ketones is 1. The van der Waals surface area contributed by atoms with Crippen molar-refractivity contribution in [2.75, 3.05) is 0 Å². The molecule has 0 saturated heterocycles. The molecule has 0 radical (unpaired) electrons. The van der Waals surface area contributed by atoms with Gasteiger partial charge >= 0.3 is 0 Å². The lowest BCUT2D eigenvalue weighted by molar-refractivity contribution is 0.0999. The van der Waals surface area contributed by atoms with Gasteiger partial charge < -0.3 is 0 Å². The second-order valence-electron chi connectivity index (χ2n) is 2.82. The van der Waals surface area contributed by atoms with Crippen molar-refractivity contribution >= 4 is 12.1 Å². The van der Waals surface area contributed by atoms with Crippen LogP contribution in [0.4, 0.5) is 8.78 Å². The van der Waals surface area contributed by atoms with Crippen molar-refractivity contribution in [3.05, 3.63) is 34.9 Å². The molecule has 0 saturated carbocycles. The lowest BCUT2D eigenvalue weighted by Crippen LogP contribution is -2.01. The standard InChI is InChI=1S/C10H8F2O2/c1-6(14)9-4-7(5-13)2-3-8(9)10(11)12/h2-5,10H,1H3. The van der Waals surface area contributed by atoms with Crippen LogP contribution in [0.3, 0.4) is 0 Å². The Morgan fingerprint density at radius 2 is 2.07 bits per heavy atom. The van der Waals surface area contributed by atoms with Crippen molar-refractivity contribution in [2.45, 2.75) is 13.3 Å². The van der Waals surface area contributed by atoms with Crippen LogP contribution in [0.1, 0.15) is 39.6 Å². The smallest absolute Gasteiger partial charge is 0.264 e. The third-order valence-electron chi connectivity index (χ3n) is 1.83. The Kier molecular flexibility index (Phi) is 3.06. The van der Waals surface area contributed by atoms with Gasteiger partial charge in [0.25, 0.3) is 6.43 Å². The number of carbonyl (C=O) groups is 2. The summed E-state index contributed by atoms with van der Waals surface area (Å²) >= 11 is 0. The number of rotatable bonds is 3. The minimum atomic E-state index is -2.70. The number of carbonyl (C=O) groups excluding carboxylic acids is 2. The molecule has 0 aromatic heterocycles. The summed E-state index contributed by atoms with van der Waals surface area (Å²) in [4.78, 5) is 21.4. The van der Waals surface area contributed by atoms with Gasteiger partial charge in [0.2, 0.25) is 0 Å². The third-order valence-corrected chi connectivity index (χ3v) is 1.83. The van der Waals surface area contributed by atoms with Crippen LogP contribution in [0.25, 0.3) is 0 Å². The zero-order valence-corrected chi connectivity index (χ0v) is 7.46. The topological polar surface area (TPSA) is 34.1 Å². The summed E-state index contributed by atoms with van der Waals surface area (Å²) in [6, 6.07) is 3.54. The maximum Gasteiger partial charge on any atom is 0.264 e. The number of hydrogen-bond acceptors (Lipinski definition) is 2. The van der Waals surface area contributed by atoms with Crippen LogP contribution in [0.5, 0.6) is 0 Å². The van der Waals surface area contributed by atoms with Gasteiger partial charge in [-0.25, -0.2) is 8.78 Å². The van der Waals surface area contributed by atoms with Gasteiger partial charge in [0, 0.05) is 16.7 Å². The molecule has 1 aromatic rings. The molecule has 1 aromatic carbocycles. The number of halogens is 2. The summed E-state index contributed by atoms with van der Waals surface area (Å²) in [5.41, 5.74) is -0.202. The first-order valence-corrected chi connectivity index (χ1v) is 3.94. The number of hydrogen-bond donors (Lipinski definition) is 0. The summed E-state index contributed by atoms with van der Waals surface area (Å²) in [6.45, 7) is 1.19. The highest BCUT2D eigenvalue weighted by Crippen LogP contribution is 2.23. The highest BCUT2D eigenvalue weighted by molar-refractivity contribution is 5.97. The van der Waals surface area contributed by atoms with Crippen LogP contribution in [-0.4, -0.2) is 12.1 Å². The lowest BCUT2D eigenvalue weighted by Gasteiger charge is -2.05. The van der Waals surface area contributed by atoms with Gasteiger partial charge in [-0.2, -0.15) is 0 Å². The molecule has 0 spiro atoms. The van der Waals surface area contributed by atoms with Gasteiger partial charge in [0.05, 0.1) is 0 Å². The number of alkyl halides is 2. The fraction of sp³-hybridized carbons (Fsp3) is 0.200. The lowest BCUT2D eigenvalue weighted by atomic mass is 10.0. The maximum atomic E-state index is 12.4. The molecule has 0 aliphatic carbocycles. The van der Waals surface area contributed by atoms with Crippen molar-refractivity contribution in [3.8, 4) is 0 Å². The van der Waals surface area contributed by atoms with E-state index in [-0.39, 0.29) is 16.7 Å². The fourth-order valence-electron chi connectivity index (χ4n) is 1.14. The molecule has 0 bridgehead atoms. The summed E-state index contributed by atoms with van der Waals surface area (Å²) in [5.74, 6) is -0.469. The molecular formula is C10H8F2O2. The predicted molar refractivity (Wildman–Crippen MR) is 46.8 cm³/mol. The molecule has 0 heterocycles. The van der Waals surface area contributed by atoms with E-state index in [2.05, 4.69) is 0 Å². The third kappa shape index (κ3) is 2.02. The molecule has 0 atom stereocenters. The van der Waals surface area contributed by atoms with Gasteiger partial charge in [0.15, 0.2) is 5.78 Å². The van der Waals surface area contributed by atoms with E-state index in [1.54, 1.807) is 0 Å². The number of benzene rings is 1. The molecule has 74 valence electrons. The van der Waals surface area contributed by atoms with Gasteiger partial charge in [-0.1, -0.05) is 12.1 Å². The van der Waals surface area contributed by atoms with E-state index < -0.39 is 12.2 Å². The average molecular weight is 198 g/mol. The van der Waals surface area contributed by atoms with Crippen LogP contribution in [-0.2, 0) is 0 Å². The molecule has 14 heavy (non-hydrogen) atoms. The van der Waals surface area contributed by atoms with Crippen LogP contribution >= 0.6 is 0 Å². The van der Waals surface area contributed by atoms with Crippen molar-refractivity contribution in [3.63, 3.8) is 0 Å². The Morgan fingerprint density at radius 1 is 1.43 bits per heavy atom. The minimum Gasteiger partial charge on any atom is -0.298 e. The second kappa shape index (κ2) is 4.09. The van der Waals surface area contributed by atoms with E-state index in [9.17, 15) is 18.4 Å². The number of aldehydes is 1. The fourth-order valence-corrected chi connectivity index (χ4v) is 1.14. The van der Waals surface area contributed by atoms with Crippen molar-refractivity contribution < 1.29 is 18.4 Å². The zero-order valence-electron chi connectivity index (χ0n) is 7.46. The van der Waals surface area contributed by atoms with Crippen LogP contribution in [0.2, 0.25) is 0 Å². The van der Waals surface area contributed by atoms with Gasteiger partial charge in [-0.15, -0.1) is 0 Å². The largest absolute Gasteiger partial charge is 0.298 e. The summed E-state index contributed by atoms with van der Waals surface area (Å²) < 4.78 is 24.8. The van der Waals surface area contributed by atoms with E-state index >= 15 is 0 Å². The molecule has 1 rings (SSSR count). The van der Waals surface area contributed by atoms with E-state index in [0.717, 1.165) is 6.07 Å². The Bertz CT molecular complexity index is 372. The molecule has 0 N–H and O–H groups in total. The second-order valence-corrected chi connectivity index (χ2v) is 2.82. The first kappa shape index (κ1) is 10.5. The van der Waals surface area contributed by atoms with Crippen molar-refractivity contribution in [1.29, 1.82) is 0 Å². The molecule has 2 nitrogen and oxygen atoms in total. The molecule has 0 aliphatic heterocycles. The zero-order chi connectivity index (χ0) is 10.7. The number of Topliss-reactive ketones (excluding diaryl/α,β-unsaturated/α-hetero) is 1. The highest BCUT2D eigenvalue weighted by Gasteiger charge is 2.15. The summed E-state index contributed by atoms with van der Waals surface area (Å²) in [5, 5.41) is 0. The Hall–Kier alpha value is -1.58. The van der Waals surface area contributed by atoms with Crippen molar-refractivity contribution in [2.24, 2.45) is 0 Å². The average Bonchev–Trinajstić information content (AvgIpc) is 2.16. The van der Waals surface area contributed by atoms with Crippen LogP contribution in [0.15, 0.2) is 18.2 Å². The Balaban J connectivity index is 3.31. The Labute approximate surface area is 79.5 Å². The highest BCUT2D eigenvalue weighted by atomic mass is 19.3. The van der Waals surface area contributed by atoms with E-state index in [4.69, 9.17) is 0 Å². The maximum absolute atomic E-state index is 12.4. The molecule has 4 heteroatoms. The normalized spacial score (nSPS) is 10.3. The van der Waals surface area contributed by atoms with Gasteiger partial charge in [0.1, 0.15) is 6.29 Å². The quantitative estimate of drug-likeness (QED) is 0.552. The monoisotopic (exact) mass is 198 g/mol. The molecule has 0 fully saturated rings. The summed E-state index contributed by atoms with van der Waals surface area (Å²) in [7, 11) is 0. The Morgan fingerprint density at radius 3 is 2.50 bits per heavy atom. The van der Waals surface area contributed by atoms with Crippen molar-refractivity contribution in [1.82, 2.24) is 0 Å². The minimum absolute atomic E-state index is 0.0930. The predicted octanol–water partition coefficient (Wildman–Crippen LogP) is 2.64. The van der Waals surface area contributed by atoms with E-state index in [0.29, 0.717) is 6.29 Å². The molecule has 0 aliphatic rings. The first-order valence-electron chi connectivity index (χ1n) is 3.94. The van der Waals surface area contributed by atoms with E-state index in [1.165, 1.54) is 19.1 Å². The first-order chi connectivity index (χ1) is 6.56. The van der Waals surface area contributed by atoms with Gasteiger partial charge in [-0.05, 0) is 13.0 Å².